The van der Waals surface area contributed by atoms with E-state index < -0.39 is 0 Å². The fraction of sp³-hybridized carbons (Fsp3) is 0.923. The Morgan fingerprint density at radius 3 is 2.71 bits per heavy atom. The third-order valence-corrected chi connectivity index (χ3v) is 3.45. The minimum Gasteiger partial charge on any atom is -0.376 e. The highest BCUT2D eigenvalue weighted by atomic mass is 16.5. The maximum Gasteiger partial charge on any atom is 0.191 e. The summed E-state index contributed by atoms with van der Waals surface area (Å²) < 4.78 is 5.91. The maximum absolute atomic E-state index is 5.91. The zero-order chi connectivity index (χ0) is 11.8. The Morgan fingerprint density at radius 1 is 1.18 bits per heavy atom. The minimum atomic E-state index is 0.501. The molecule has 0 aromatic rings. The molecule has 17 heavy (non-hydrogen) atoms. The molecular weight excluding hydrogens is 214 g/mol. The Kier molecular flexibility index (Phi) is 5.62. The van der Waals surface area contributed by atoms with Crippen molar-refractivity contribution in [3.63, 3.8) is 0 Å². The van der Waals surface area contributed by atoms with E-state index >= 15 is 0 Å². The monoisotopic (exact) mass is 239 g/mol. The molecule has 0 radical (unpaired) electrons. The van der Waals surface area contributed by atoms with Gasteiger partial charge >= 0.3 is 0 Å². The largest absolute Gasteiger partial charge is 0.376 e. The van der Waals surface area contributed by atoms with Crippen molar-refractivity contribution in [3.8, 4) is 0 Å². The fourth-order valence-corrected chi connectivity index (χ4v) is 2.45. The van der Waals surface area contributed by atoms with E-state index in [9.17, 15) is 0 Å². The zero-order valence-electron chi connectivity index (χ0n) is 10.7. The van der Waals surface area contributed by atoms with E-state index in [-0.39, 0.29) is 0 Å². The summed E-state index contributed by atoms with van der Waals surface area (Å²) in [5.74, 6) is 0.945. The molecule has 1 saturated carbocycles. The van der Waals surface area contributed by atoms with Gasteiger partial charge in [-0.05, 0) is 19.3 Å². The summed E-state index contributed by atoms with van der Waals surface area (Å²) in [5.41, 5.74) is 0. The first-order valence-corrected chi connectivity index (χ1v) is 7.09. The van der Waals surface area contributed by atoms with E-state index in [0.29, 0.717) is 6.10 Å². The normalized spacial score (nSPS) is 22.5. The molecule has 2 aliphatic rings. The molecule has 0 bridgehead atoms. The van der Waals surface area contributed by atoms with Crippen LogP contribution in [0.4, 0.5) is 0 Å². The second-order valence-electron chi connectivity index (χ2n) is 4.92. The Balaban J connectivity index is 1.54. The van der Waals surface area contributed by atoms with Crippen molar-refractivity contribution in [3.05, 3.63) is 0 Å². The SMILES string of the molecule is C1CCCC(OCCNC2=NCCCN2)CC1. The summed E-state index contributed by atoms with van der Waals surface area (Å²) in [6, 6.07) is 0. The second-order valence-corrected chi connectivity index (χ2v) is 4.92. The number of ether oxygens (including phenoxy) is 1. The maximum atomic E-state index is 5.91. The Hall–Kier alpha value is -0.770. The van der Waals surface area contributed by atoms with Crippen molar-refractivity contribution < 1.29 is 4.74 Å². The van der Waals surface area contributed by atoms with Crippen LogP contribution in [0.5, 0.6) is 0 Å². The van der Waals surface area contributed by atoms with Gasteiger partial charge in [0.05, 0.1) is 12.7 Å². The first-order valence-electron chi connectivity index (χ1n) is 7.09. The van der Waals surface area contributed by atoms with Crippen LogP contribution < -0.4 is 10.6 Å². The van der Waals surface area contributed by atoms with E-state index in [1.165, 1.54) is 38.5 Å². The van der Waals surface area contributed by atoms with Crippen LogP contribution >= 0.6 is 0 Å². The molecule has 1 heterocycles. The molecule has 0 aromatic carbocycles. The van der Waals surface area contributed by atoms with Gasteiger partial charge in [0.25, 0.3) is 0 Å². The van der Waals surface area contributed by atoms with E-state index in [1.807, 2.05) is 0 Å². The molecule has 1 fully saturated rings. The molecule has 2 rings (SSSR count). The average molecular weight is 239 g/mol. The van der Waals surface area contributed by atoms with Gasteiger partial charge in [-0.1, -0.05) is 25.7 Å². The first-order chi connectivity index (χ1) is 8.45. The van der Waals surface area contributed by atoms with Gasteiger partial charge in [-0.2, -0.15) is 0 Å². The van der Waals surface area contributed by atoms with E-state index in [4.69, 9.17) is 4.74 Å². The number of hydrogen-bond donors (Lipinski definition) is 2. The number of hydrogen-bond acceptors (Lipinski definition) is 4. The zero-order valence-corrected chi connectivity index (χ0v) is 10.7. The van der Waals surface area contributed by atoms with E-state index in [1.54, 1.807) is 0 Å². The highest BCUT2D eigenvalue weighted by Crippen LogP contribution is 2.19. The molecule has 4 nitrogen and oxygen atoms in total. The number of aliphatic imine (C=N–C) groups is 1. The molecule has 98 valence electrons. The standard InChI is InChI=1S/C13H25N3O/c1-2-4-7-12(6-3-1)17-11-10-16-13-14-8-5-9-15-13/h12H,1-11H2,(H2,14,15,16). The molecule has 1 aliphatic carbocycles. The van der Waals surface area contributed by atoms with E-state index in [2.05, 4.69) is 15.6 Å². The lowest BCUT2D eigenvalue weighted by Crippen LogP contribution is -2.42. The van der Waals surface area contributed by atoms with Gasteiger partial charge in [0, 0.05) is 19.6 Å². The molecule has 2 N–H and O–H groups in total. The predicted octanol–water partition coefficient (Wildman–Crippen LogP) is 1.66. The Morgan fingerprint density at radius 2 is 2.00 bits per heavy atom. The van der Waals surface area contributed by atoms with Crippen LogP contribution in [0.2, 0.25) is 0 Å². The van der Waals surface area contributed by atoms with Crippen molar-refractivity contribution in [1.29, 1.82) is 0 Å². The first kappa shape index (κ1) is 12.7. The number of nitrogens with zero attached hydrogens (tertiary/aromatic N) is 1. The number of nitrogens with one attached hydrogen (secondary N) is 2. The summed E-state index contributed by atoms with van der Waals surface area (Å²) in [7, 11) is 0. The summed E-state index contributed by atoms with van der Waals surface area (Å²) in [6.45, 7) is 3.64. The lowest BCUT2D eigenvalue weighted by Gasteiger charge is -2.18. The van der Waals surface area contributed by atoms with E-state index in [0.717, 1.165) is 38.6 Å². The van der Waals surface area contributed by atoms with Gasteiger partial charge in [-0.3, -0.25) is 4.99 Å². The molecule has 0 unspecified atom stereocenters. The quantitative estimate of drug-likeness (QED) is 0.579. The van der Waals surface area contributed by atoms with Crippen molar-refractivity contribution in [2.75, 3.05) is 26.2 Å². The van der Waals surface area contributed by atoms with Crippen molar-refractivity contribution in [2.24, 2.45) is 4.99 Å². The highest BCUT2D eigenvalue weighted by molar-refractivity contribution is 5.80. The summed E-state index contributed by atoms with van der Waals surface area (Å²) in [5, 5.41) is 6.54. The van der Waals surface area contributed by atoms with Crippen LogP contribution in [0.1, 0.15) is 44.9 Å². The van der Waals surface area contributed by atoms with Crippen LogP contribution in [0.25, 0.3) is 0 Å². The Bertz CT molecular complexity index is 235. The predicted molar refractivity (Wildman–Crippen MR) is 70.4 cm³/mol. The number of rotatable bonds is 4. The summed E-state index contributed by atoms with van der Waals surface area (Å²) >= 11 is 0. The molecule has 0 aromatic heterocycles. The lowest BCUT2D eigenvalue weighted by molar-refractivity contribution is 0.0468. The van der Waals surface area contributed by atoms with Crippen LogP contribution in [0.15, 0.2) is 4.99 Å². The lowest BCUT2D eigenvalue weighted by atomic mass is 10.1. The van der Waals surface area contributed by atoms with Crippen LogP contribution in [-0.2, 0) is 4.74 Å². The second kappa shape index (κ2) is 7.54. The van der Waals surface area contributed by atoms with Gasteiger partial charge in [-0.25, -0.2) is 0 Å². The van der Waals surface area contributed by atoms with Gasteiger partial charge < -0.3 is 15.4 Å². The third-order valence-electron chi connectivity index (χ3n) is 3.45. The minimum absolute atomic E-state index is 0.501. The van der Waals surface area contributed by atoms with Gasteiger partial charge in [0.1, 0.15) is 0 Å². The van der Waals surface area contributed by atoms with Crippen LogP contribution in [0, 0.1) is 0 Å². The molecule has 0 spiro atoms. The van der Waals surface area contributed by atoms with Crippen LogP contribution in [-0.4, -0.2) is 38.3 Å². The third kappa shape index (κ3) is 4.94. The average Bonchev–Trinajstić information content (AvgIpc) is 2.65. The summed E-state index contributed by atoms with van der Waals surface area (Å²) in [4.78, 5) is 4.37. The molecular formula is C13H25N3O. The highest BCUT2D eigenvalue weighted by Gasteiger charge is 2.12. The Labute approximate surface area is 104 Å². The van der Waals surface area contributed by atoms with Crippen LogP contribution in [0.3, 0.4) is 0 Å². The van der Waals surface area contributed by atoms with Crippen molar-refractivity contribution in [2.45, 2.75) is 51.0 Å². The molecule has 1 aliphatic heterocycles. The topological polar surface area (TPSA) is 45.6 Å². The molecule has 0 atom stereocenters. The van der Waals surface area contributed by atoms with Crippen molar-refractivity contribution in [1.82, 2.24) is 10.6 Å². The smallest absolute Gasteiger partial charge is 0.191 e. The number of guanidine groups is 1. The van der Waals surface area contributed by atoms with Gasteiger partial charge in [0.2, 0.25) is 0 Å². The molecule has 0 amide bonds. The van der Waals surface area contributed by atoms with Gasteiger partial charge in [0.15, 0.2) is 5.96 Å². The molecule has 4 heteroatoms. The molecule has 0 saturated heterocycles. The fourth-order valence-electron chi connectivity index (χ4n) is 2.45. The summed E-state index contributed by atoms with van der Waals surface area (Å²) in [6.07, 6.45) is 9.60. The van der Waals surface area contributed by atoms with Crippen molar-refractivity contribution >= 4 is 5.96 Å². The van der Waals surface area contributed by atoms with Gasteiger partial charge in [-0.15, -0.1) is 0 Å².